The van der Waals surface area contributed by atoms with Gasteiger partial charge in [-0.25, -0.2) is 0 Å². The Kier molecular flexibility index (Phi) is 21.9. The van der Waals surface area contributed by atoms with Crippen molar-refractivity contribution in [2.45, 2.75) is 136 Å². The van der Waals surface area contributed by atoms with Gasteiger partial charge in [-0.15, -0.1) is 0 Å². The van der Waals surface area contributed by atoms with E-state index in [-0.39, 0.29) is 5.97 Å². The molecule has 220 valence electrons. The SMILES string of the molecule is CCCCCCCCCCCCOC(=O)CCCCCOc1cc(CN(C)C)cc(OCCCCCC)c1. The van der Waals surface area contributed by atoms with E-state index in [9.17, 15) is 4.79 Å². The van der Waals surface area contributed by atoms with Gasteiger partial charge in [-0.1, -0.05) is 90.9 Å². The normalized spacial score (nSPS) is 11.2. The van der Waals surface area contributed by atoms with E-state index in [1.54, 1.807) is 0 Å². The predicted molar refractivity (Wildman–Crippen MR) is 160 cm³/mol. The molecule has 0 radical (unpaired) electrons. The lowest BCUT2D eigenvalue weighted by molar-refractivity contribution is -0.143. The summed E-state index contributed by atoms with van der Waals surface area (Å²) in [5, 5.41) is 0. The van der Waals surface area contributed by atoms with Crippen LogP contribution in [0.15, 0.2) is 18.2 Å². The molecule has 1 aromatic carbocycles. The average molecular weight is 534 g/mol. The number of hydrogen-bond acceptors (Lipinski definition) is 5. The highest BCUT2D eigenvalue weighted by Gasteiger charge is 2.06. The molecule has 0 saturated carbocycles. The molecule has 1 rings (SSSR count). The number of benzene rings is 1. The number of carbonyl (C=O) groups is 1. The van der Waals surface area contributed by atoms with E-state index in [0.29, 0.717) is 19.6 Å². The summed E-state index contributed by atoms with van der Waals surface area (Å²) in [6, 6.07) is 6.23. The van der Waals surface area contributed by atoms with E-state index in [1.165, 1.54) is 82.6 Å². The number of hydrogen-bond donors (Lipinski definition) is 0. The zero-order valence-corrected chi connectivity index (χ0v) is 25.4. The summed E-state index contributed by atoms with van der Waals surface area (Å²) in [5.41, 5.74) is 1.20. The van der Waals surface area contributed by atoms with Crippen LogP contribution in [0.1, 0.15) is 135 Å². The third kappa shape index (κ3) is 20.2. The molecule has 5 heteroatoms. The van der Waals surface area contributed by atoms with Gasteiger partial charge in [0.2, 0.25) is 0 Å². The van der Waals surface area contributed by atoms with Crippen LogP contribution >= 0.6 is 0 Å². The second-order valence-corrected chi connectivity index (χ2v) is 11.0. The fourth-order valence-corrected chi connectivity index (χ4v) is 4.56. The first-order chi connectivity index (χ1) is 18.5. The van der Waals surface area contributed by atoms with Crippen LogP contribution in [0.25, 0.3) is 0 Å². The third-order valence-corrected chi connectivity index (χ3v) is 6.76. The van der Waals surface area contributed by atoms with Crippen molar-refractivity contribution in [3.8, 4) is 11.5 Å². The molecule has 0 spiro atoms. The van der Waals surface area contributed by atoms with E-state index in [1.807, 2.05) is 6.07 Å². The minimum Gasteiger partial charge on any atom is -0.493 e. The van der Waals surface area contributed by atoms with Gasteiger partial charge in [0, 0.05) is 19.0 Å². The number of rotatable bonds is 26. The Morgan fingerprint density at radius 3 is 1.58 bits per heavy atom. The monoisotopic (exact) mass is 533 g/mol. The van der Waals surface area contributed by atoms with Crippen molar-refractivity contribution in [1.82, 2.24) is 4.90 Å². The summed E-state index contributed by atoms with van der Waals surface area (Å²) in [6.07, 6.45) is 21.0. The second-order valence-electron chi connectivity index (χ2n) is 11.0. The highest BCUT2D eigenvalue weighted by Crippen LogP contribution is 2.24. The Labute approximate surface area is 235 Å². The molecule has 0 aromatic heterocycles. The molecule has 0 bridgehead atoms. The van der Waals surface area contributed by atoms with Crippen LogP contribution in [0.3, 0.4) is 0 Å². The Hall–Kier alpha value is -1.75. The summed E-state index contributed by atoms with van der Waals surface area (Å²) in [4.78, 5) is 14.1. The molecule has 0 aliphatic heterocycles. The predicted octanol–water partition coefficient (Wildman–Crippen LogP) is 9.11. The van der Waals surface area contributed by atoms with Gasteiger partial charge in [0.1, 0.15) is 11.5 Å². The van der Waals surface area contributed by atoms with Crippen LogP contribution in [0, 0.1) is 0 Å². The lowest BCUT2D eigenvalue weighted by atomic mass is 10.1. The van der Waals surface area contributed by atoms with Crippen LogP contribution in [0.4, 0.5) is 0 Å². The van der Waals surface area contributed by atoms with Crippen LogP contribution in [0.5, 0.6) is 11.5 Å². The molecule has 0 fully saturated rings. The van der Waals surface area contributed by atoms with Crippen LogP contribution in [-0.4, -0.2) is 44.8 Å². The minimum atomic E-state index is -0.0565. The number of esters is 1. The van der Waals surface area contributed by atoms with Crippen molar-refractivity contribution in [1.29, 1.82) is 0 Å². The van der Waals surface area contributed by atoms with E-state index in [0.717, 1.165) is 56.8 Å². The molecule has 5 nitrogen and oxygen atoms in total. The molecular weight excluding hydrogens is 474 g/mol. The highest BCUT2D eigenvalue weighted by atomic mass is 16.5. The number of unbranched alkanes of at least 4 members (excludes halogenated alkanes) is 14. The molecule has 0 aliphatic carbocycles. The number of nitrogens with zero attached hydrogens (tertiary/aromatic N) is 1. The maximum absolute atomic E-state index is 12.0. The number of carbonyl (C=O) groups excluding carboxylic acids is 1. The van der Waals surface area contributed by atoms with Crippen molar-refractivity contribution < 1.29 is 19.0 Å². The third-order valence-electron chi connectivity index (χ3n) is 6.76. The topological polar surface area (TPSA) is 48.0 Å². The largest absolute Gasteiger partial charge is 0.493 e. The van der Waals surface area contributed by atoms with E-state index >= 15 is 0 Å². The molecule has 0 saturated heterocycles. The van der Waals surface area contributed by atoms with Gasteiger partial charge in [0.25, 0.3) is 0 Å². The summed E-state index contributed by atoms with van der Waals surface area (Å²) in [5.74, 6) is 1.70. The lowest BCUT2D eigenvalue weighted by Crippen LogP contribution is -2.11. The van der Waals surface area contributed by atoms with Gasteiger partial charge in [0.05, 0.1) is 19.8 Å². The zero-order chi connectivity index (χ0) is 27.7. The van der Waals surface area contributed by atoms with Crippen LogP contribution in [0.2, 0.25) is 0 Å². The maximum Gasteiger partial charge on any atom is 0.305 e. The first-order valence-electron chi connectivity index (χ1n) is 15.7. The Morgan fingerprint density at radius 2 is 1.05 bits per heavy atom. The van der Waals surface area contributed by atoms with Crippen LogP contribution in [-0.2, 0) is 16.1 Å². The molecular formula is C33H59NO4. The second kappa shape index (κ2) is 24.3. The van der Waals surface area contributed by atoms with Crippen molar-refractivity contribution in [3.63, 3.8) is 0 Å². The van der Waals surface area contributed by atoms with Gasteiger partial charge in [0.15, 0.2) is 0 Å². The Balaban J connectivity index is 2.13. The van der Waals surface area contributed by atoms with Gasteiger partial charge < -0.3 is 19.1 Å². The van der Waals surface area contributed by atoms with Gasteiger partial charge >= 0.3 is 5.97 Å². The molecule has 0 unspecified atom stereocenters. The van der Waals surface area contributed by atoms with E-state index in [2.05, 4.69) is 45.0 Å². The van der Waals surface area contributed by atoms with Crippen LogP contribution < -0.4 is 9.47 Å². The summed E-state index contributed by atoms with van der Waals surface area (Å²) in [7, 11) is 4.14. The van der Waals surface area contributed by atoms with Gasteiger partial charge in [-0.2, -0.15) is 0 Å². The van der Waals surface area contributed by atoms with Gasteiger partial charge in [-0.3, -0.25) is 4.79 Å². The van der Waals surface area contributed by atoms with Crippen molar-refractivity contribution in [2.75, 3.05) is 33.9 Å². The molecule has 0 amide bonds. The Bertz CT molecular complexity index is 692. The molecule has 1 aromatic rings. The van der Waals surface area contributed by atoms with Crippen molar-refractivity contribution in [2.24, 2.45) is 0 Å². The standard InChI is InChI=1S/C33H59NO4/c1-5-7-9-11-12-13-14-15-16-20-25-38-33(35)22-18-17-21-24-37-32-27-30(29-34(3)4)26-31(28-32)36-23-19-10-8-6-2/h26-28H,5-25,29H2,1-4H3. The molecule has 0 aliphatic rings. The fourth-order valence-electron chi connectivity index (χ4n) is 4.56. The lowest BCUT2D eigenvalue weighted by Gasteiger charge is -2.15. The first-order valence-corrected chi connectivity index (χ1v) is 15.7. The smallest absolute Gasteiger partial charge is 0.305 e. The fraction of sp³-hybridized carbons (Fsp3) is 0.788. The zero-order valence-electron chi connectivity index (χ0n) is 25.4. The molecule has 38 heavy (non-hydrogen) atoms. The molecule has 0 heterocycles. The first kappa shape index (κ1) is 34.3. The quantitative estimate of drug-likeness (QED) is 0.0877. The van der Waals surface area contributed by atoms with Gasteiger partial charge in [-0.05, 0) is 63.9 Å². The summed E-state index contributed by atoms with van der Waals surface area (Å²) < 4.78 is 17.5. The average Bonchev–Trinajstić information content (AvgIpc) is 2.88. The van der Waals surface area contributed by atoms with Crippen molar-refractivity contribution in [3.05, 3.63) is 23.8 Å². The Morgan fingerprint density at radius 1 is 0.605 bits per heavy atom. The molecule has 0 atom stereocenters. The number of ether oxygens (including phenoxy) is 3. The summed E-state index contributed by atoms with van der Waals surface area (Å²) >= 11 is 0. The maximum atomic E-state index is 12.0. The van der Waals surface area contributed by atoms with E-state index < -0.39 is 0 Å². The minimum absolute atomic E-state index is 0.0565. The molecule has 0 N–H and O–H groups in total. The highest BCUT2D eigenvalue weighted by molar-refractivity contribution is 5.69. The summed E-state index contributed by atoms with van der Waals surface area (Å²) in [6.45, 7) is 7.31. The van der Waals surface area contributed by atoms with E-state index in [4.69, 9.17) is 14.2 Å². The van der Waals surface area contributed by atoms with Crippen molar-refractivity contribution >= 4 is 5.97 Å².